The number of oxime groups is 1. The lowest BCUT2D eigenvalue weighted by molar-refractivity contribution is -0.478. The Balaban J connectivity index is 3.92. The smallest absolute Gasteiger partial charge is 0.353 e. The molecule has 0 spiro atoms. The molecule has 0 aliphatic heterocycles. The van der Waals surface area contributed by atoms with E-state index in [0.29, 0.717) is 0 Å². The van der Waals surface area contributed by atoms with Crippen LogP contribution in [0.4, 0.5) is 0 Å². The Morgan fingerprint density at radius 2 is 2.18 bits per heavy atom. The molecule has 0 rings (SSSR count). The molecule has 0 saturated carbocycles. The Bertz CT molecular complexity index is 199. The first-order chi connectivity index (χ1) is 5.07. The zero-order valence-electron chi connectivity index (χ0n) is 5.43. The third-order valence-corrected chi connectivity index (χ3v) is 0.899. The van der Waals surface area contributed by atoms with Crippen LogP contribution in [0.3, 0.4) is 0 Å². The quantitative estimate of drug-likeness (QED) is 0.252. The number of hydrogen-bond acceptors (Lipinski definition) is 5. The predicted octanol–water partition coefficient (Wildman–Crippen LogP) is -0.432. The number of carbonyl (C=O) groups is 1. The average Bonchev–Trinajstić information content (AvgIpc) is 1.87. The molecule has 0 unspecified atom stereocenters. The van der Waals surface area contributed by atoms with Crippen LogP contribution in [0.25, 0.3) is 0 Å². The monoisotopic (exact) mass is 162 g/mol. The number of rotatable bonds is 4. The van der Waals surface area contributed by atoms with Crippen LogP contribution in [0.15, 0.2) is 5.16 Å². The molecule has 0 fully saturated rings. The zero-order chi connectivity index (χ0) is 8.85. The maximum atomic E-state index is 10.0. The van der Waals surface area contributed by atoms with Gasteiger partial charge in [-0.15, -0.1) is 0 Å². The standard InChI is InChI=1S/C4H6N2O5/c7-4(8)3(5-9)1-2-6(10)11/h9H,1-2H2,(H,7,8). The van der Waals surface area contributed by atoms with Gasteiger partial charge in [-0.1, -0.05) is 5.16 Å². The van der Waals surface area contributed by atoms with Crippen molar-refractivity contribution in [2.75, 3.05) is 6.54 Å². The van der Waals surface area contributed by atoms with E-state index in [4.69, 9.17) is 10.3 Å². The molecule has 0 aromatic heterocycles. The fourth-order valence-corrected chi connectivity index (χ4v) is 0.397. The second kappa shape index (κ2) is 4.20. The molecule has 0 bridgehead atoms. The summed E-state index contributed by atoms with van der Waals surface area (Å²) in [6.07, 6.45) is -0.376. The van der Waals surface area contributed by atoms with Gasteiger partial charge in [0.25, 0.3) is 0 Å². The van der Waals surface area contributed by atoms with E-state index in [2.05, 4.69) is 5.16 Å². The van der Waals surface area contributed by atoms with Crippen molar-refractivity contribution in [3.63, 3.8) is 0 Å². The minimum absolute atomic E-state index is 0.376. The first-order valence-electron chi connectivity index (χ1n) is 2.64. The topological polar surface area (TPSA) is 113 Å². The largest absolute Gasteiger partial charge is 0.477 e. The van der Waals surface area contributed by atoms with Crippen molar-refractivity contribution in [1.29, 1.82) is 0 Å². The van der Waals surface area contributed by atoms with Crippen LogP contribution in [0.1, 0.15) is 6.42 Å². The van der Waals surface area contributed by atoms with Crippen LogP contribution in [0.5, 0.6) is 0 Å². The maximum absolute atomic E-state index is 10.0. The highest BCUT2D eigenvalue weighted by molar-refractivity contribution is 6.35. The fraction of sp³-hybridized carbons (Fsp3) is 0.500. The van der Waals surface area contributed by atoms with Gasteiger partial charge in [0.15, 0.2) is 5.71 Å². The third-order valence-electron chi connectivity index (χ3n) is 0.899. The molecule has 0 aliphatic rings. The van der Waals surface area contributed by atoms with Gasteiger partial charge in [-0.3, -0.25) is 10.1 Å². The Labute approximate surface area is 61.1 Å². The minimum Gasteiger partial charge on any atom is -0.477 e. The second-order valence-corrected chi connectivity index (χ2v) is 1.66. The number of carboxylic acid groups (broad SMARTS) is 1. The summed E-state index contributed by atoms with van der Waals surface area (Å²) in [6.45, 7) is -0.550. The van der Waals surface area contributed by atoms with Crippen molar-refractivity contribution in [2.45, 2.75) is 6.42 Å². The Morgan fingerprint density at radius 1 is 1.64 bits per heavy atom. The normalized spacial score (nSPS) is 11.1. The Hall–Kier alpha value is -1.66. The summed E-state index contributed by atoms with van der Waals surface area (Å²) in [7, 11) is 0. The molecule has 62 valence electrons. The molecule has 2 N–H and O–H groups in total. The van der Waals surface area contributed by atoms with E-state index >= 15 is 0 Å². The van der Waals surface area contributed by atoms with Gasteiger partial charge in [0.2, 0.25) is 6.54 Å². The molecule has 0 atom stereocenters. The highest BCUT2D eigenvalue weighted by Crippen LogP contribution is 1.87. The molecule has 7 heteroatoms. The minimum atomic E-state index is -1.45. The number of hydrogen-bond donors (Lipinski definition) is 2. The first kappa shape index (κ1) is 9.34. The van der Waals surface area contributed by atoms with E-state index in [1.165, 1.54) is 0 Å². The van der Waals surface area contributed by atoms with Crippen LogP contribution in [-0.4, -0.2) is 33.5 Å². The molecule has 0 aromatic rings. The third kappa shape index (κ3) is 3.84. The van der Waals surface area contributed by atoms with E-state index in [1.54, 1.807) is 0 Å². The lowest BCUT2D eigenvalue weighted by atomic mass is 10.3. The summed E-state index contributed by atoms with van der Waals surface area (Å²) >= 11 is 0. The lowest BCUT2D eigenvalue weighted by Crippen LogP contribution is -2.17. The summed E-state index contributed by atoms with van der Waals surface area (Å²) in [5.41, 5.74) is -0.610. The summed E-state index contributed by atoms with van der Waals surface area (Å²) in [5, 5.41) is 28.3. The number of aliphatic carboxylic acids is 1. The molecule has 0 aliphatic carbocycles. The molecular weight excluding hydrogens is 156 g/mol. The van der Waals surface area contributed by atoms with Crippen molar-refractivity contribution in [1.82, 2.24) is 0 Å². The number of carboxylic acids is 1. The highest BCUT2D eigenvalue weighted by atomic mass is 16.6. The van der Waals surface area contributed by atoms with Gasteiger partial charge in [0.1, 0.15) is 0 Å². The molecule has 0 amide bonds. The Morgan fingerprint density at radius 3 is 2.45 bits per heavy atom. The van der Waals surface area contributed by atoms with Crippen molar-refractivity contribution in [2.24, 2.45) is 5.16 Å². The van der Waals surface area contributed by atoms with Gasteiger partial charge in [-0.05, 0) is 0 Å². The summed E-state index contributed by atoms with van der Waals surface area (Å²) < 4.78 is 0. The molecule has 0 heterocycles. The SMILES string of the molecule is O=C(O)C(CC[N+](=O)[O-])=NO. The average molecular weight is 162 g/mol. The highest BCUT2D eigenvalue weighted by Gasteiger charge is 2.12. The van der Waals surface area contributed by atoms with Crippen LogP contribution >= 0.6 is 0 Å². The molecule has 11 heavy (non-hydrogen) atoms. The second-order valence-electron chi connectivity index (χ2n) is 1.66. The van der Waals surface area contributed by atoms with Crippen molar-refractivity contribution < 1.29 is 20.0 Å². The van der Waals surface area contributed by atoms with E-state index < -0.39 is 23.1 Å². The predicted molar refractivity (Wildman–Crippen MR) is 33.3 cm³/mol. The maximum Gasteiger partial charge on any atom is 0.353 e. The molecule has 0 saturated heterocycles. The summed E-state index contributed by atoms with van der Waals surface area (Å²) in [4.78, 5) is 19.1. The van der Waals surface area contributed by atoms with Crippen molar-refractivity contribution >= 4 is 11.7 Å². The van der Waals surface area contributed by atoms with Crippen molar-refractivity contribution in [3.8, 4) is 0 Å². The van der Waals surface area contributed by atoms with Gasteiger partial charge in [0.05, 0.1) is 6.42 Å². The van der Waals surface area contributed by atoms with Crippen LogP contribution in [0.2, 0.25) is 0 Å². The number of nitrogens with zero attached hydrogens (tertiary/aromatic N) is 2. The Kier molecular flexibility index (Phi) is 3.57. The van der Waals surface area contributed by atoms with E-state index in [1.807, 2.05) is 0 Å². The van der Waals surface area contributed by atoms with Gasteiger partial charge in [0, 0.05) is 4.92 Å². The fourth-order valence-electron chi connectivity index (χ4n) is 0.397. The molecule has 0 radical (unpaired) electrons. The first-order valence-corrected chi connectivity index (χ1v) is 2.64. The van der Waals surface area contributed by atoms with Gasteiger partial charge < -0.3 is 10.3 Å². The molecule has 0 aromatic carbocycles. The van der Waals surface area contributed by atoms with Crippen LogP contribution in [0, 0.1) is 10.1 Å². The van der Waals surface area contributed by atoms with Crippen LogP contribution < -0.4 is 0 Å². The molecule has 7 nitrogen and oxygen atoms in total. The van der Waals surface area contributed by atoms with E-state index in [-0.39, 0.29) is 6.42 Å². The van der Waals surface area contributed by atoms with E-state index in [9.17, 15) is 14.9 Å². The van der Waals surface area contributed by atoms with Gasteiger partial charge in [-0.2, -0.15) is 0 Å². The summed E-state index contributed by atoms with van der Waals surface area (Å²) in [6, 6.07) is 0. The summed E-state index contributed by atoms with van der Waals surface area (Å²) in [5.74, 6) is -1.45. The van der Waals surface area contributed by atoms with E-state index in [0.717, 1.165) is 0 Å². The molecular formula is C4H6N2O5. The van der Waals surface area contributed by atoms with Crippen LogP contribution in [-0.2, 0) is 4.79 Å². The van der Waals surface area contributed by atoms with Gasteiger partial charge >= 0.3 is 5.97 Å². The zero-order valence-corrected chi connectivity index (χ0v) is 5.43. The lowest BCUT2D eigenvalue weighted by Gasteiger charge is -1.92. The number of nitro groups is 1. The van der Waals surface area contributed by atoms with Crippen molar-refractivity contribution in [3.05, 3.63) is 10.1 Å². The van der Waals surface area contributed by atoms with Gasteiger partial charge in [-0.25, -0.2) is 4.79 Å².